The van der Waals surface area contributed by atoms with Gasteiger partial charge in [-0.2, -0.15) is 0 Å². The van der Waals surface area contributed by atoms with Crippen molar-refractivity contribution in [2.24, 2.45) is 0 Å². The highest BCUT2D eigenvalue weighted by Crippen LogP contribution is 2.40. The van der Waals surface area contributed by atoms with Crippen molar-refractivity contribution in [3.8, 4) is 0 Å². The van der Waals surface area contributed by atoms with E-state index in [1.165, 1.54) is 16.0 Å². The topological polar surface area (TPSA) is 17.1 Å². The van der Waals surface area contributed by atoms with Gasteiger partial charge in [0.1, 0.15) is 5.78 Å². The number of ketones is 1. The average Bonchev–Trinajstić information content (AvgIpc) is 2.92. The first kappa shape index (κ1) is 14.4. The molecule has 21 heavy (non-hydrogen) atoms. The average molecular weight is 296 g/mol. The number of Topliss-reactive ketones (excluding diaryl/α,β-unsaturated/α-hetero) is 1. The highest BCUT2D eigenvalue weighted by Gasteiger charge is 2.28. The largest absolute Gasteiger partial charge is 0.299 e. The number of carbonyl (C=O) groups excluding carboxylic acids is 1. The van der Waals surface area contributed by atoms with Gasteiger partial charge in [-0.05, 0) is 28.7 Å². The van der Waals surface area contributed by atoms with Gasteiger partial charge < -0.3 is 0 Å². The Morgan fingerprint density at radius 1 is 1.14 bits per heavy atom. The first-order valence-corrected chi connectivity index (χ1v) is 8.47. The Bertz CT molecular complexity index is 643. The molecule has 0 amide bonds. The minimum atomic E-state index is 0.0657. The SMILES string of the molecule is CC(C)c1ccc(CC(=O)C2CSc3ccccc32)cc1. The van der Waals surface area contributed by atoms with Crippen LogP contribution >= 0.6 is 11.8 Å². The van der Waals surface area contributed by atoms with Crippen LogP contribution in [0.15, 0.2) is 53.4 Å². The van der Waals surface area contributed by atoms with Crippen molar-refractivity contribution in [1.82, 2.24) is 0 Å². The number of thioether (sulfide) groups is 1. The number of fused-ring (bicyclic) bond motifs is 1. The van der Waals surface area contributed by atoms with Gasteiger partial charge in [-0.3, -0.25) is 4.79 Å². The van der Waals surface area contributed by atoms with Gasteiger partial charge in [0, 0.05) is 17.1 Å². The normalized spacial score (nSPS) is 17.0. The number of hydrogen-bond acceptors (Lipinski definition) is 2. The molecule has 1 aliphatic heterocycles. The van der Waals surface area contributed by atoms with Gasteiger partial charge in [-0.25, -0.2) is 0 Å². The van der Waals surface area contributed by atoms with Crippen molar-refractivity contribution in [2.45, 2.75) is 37.0 Å². The first-order chi connectivity index (χ1) is 10.1. The third-order valence-electron chi connectivity index (χ3n) is 4.11. The Kier molecular flexibility index (Phi) is 4.16. The summed E-state index contributed by atoms with van der Waals surface area (Å²) in [5, 5.41) is 0. The first-order valence-electron chi connectivity index (χ1n) is 7.48. The summed E-state index contributed by atoms with van der Waals surface area (Å²) in [5.41, 5.74) is 3.66. The van der Waals surface area contributed by atoms with E-state index in [1.807, 2.05) is 12.1 Å². The van der Waals surface area contributed by atoms with E-state index in [9.17, 15) is 4.79 Å². The van der Waals surface area contributed by atoms with Gasteiger partial charge in [-0.15, -0.1) is 11.8 Å². The van der Waals surface area contributed by atoms with Crippen molar-refractivity contribution < 1.29 is 4.79 Å². The van der Waals surface area contributed by atoms with Gasteiger partial charge in [-0.1, -0.05) is 56.3 Å². The molecule has 3 rings (SSSR count). The number of rotatable bonds is 4. The van der Waals surface area contributed by atoms with Crippen LogP contribution in [0.5, 0.6) is 0 Å². The van der Waals surface area contributed by atoms with Crippen LogP contribution in [-0.2, 0) is 11.2 Å². The fourth-order valence-corrected chi connectivity index (χ4v) is 4.04. The fourth-order valence-electron chi connectivity index (χ4n) is 2.77. The molecule has 2 aromatic rings. The van der Waals surface area contributed by atoms with E-state index in [0.717, 1.165) is 11.3 Å². The predicted molar refractivity (Wildman–Crippen MR) is 89.1 cm³/mol. The third-order valence-corrected chi connectivity index (χ3v) is 5.30. The Morgan fingerprint density at radius 3 is 2.57 bits per heavy atom. The van der Waals surface area contributed by atoms with Gasteiger partial charge in [0.15, 0.2) is 0 Å². The molecule has 0 bridgehead atoms. The number of carbonyl (C=O) groups is 1. The molecule has 0 aromatic heterocycles. The van der Waals surface area contributed by atoms with Crippen LogP contribution in [0.3, 0.4) is 0 Å². The second-order valence-corrected chi connectivity index (χ2v) is 7.00. The minimum absolute atomic E-state index is 0.0657. The van der Waals surface area contributed by atoms with Crippen LogP contribution in [0.4, 0.5) is 0 Å². The molecule has 0 saturated heterocycles. The molecular weight excluding hydrogens is 276 g/mol. The van der Waals surface area contributed by atoms with Crippen molar-refractivity contribution in [1.29, 1.82) is 0 Å². The van der Waals surface area contributed by atoms with Crippen LogP contribution in [0.2, 0.25) is 0 Å². The predicted octanol–water partition coefficient (Wildman–Crippen LogP) is 4.81. The lowest BCUT2D eigenvalue weighted by Gasteiger charge is -2.11. The number of benzene rings is 2. The van der Waals surface area contributed by atoms with Gasteiger partial charge in [0.2, 0.25) is 0 Å². The molecule has 2 aromatic carbocycles. The molecule has 1 atom stereocenters. The molecule has 0 radical (unpaired) electrons. The maximum Gasteiger partial charge on any atom is 0.145 e. The Morgan fingerprint density at radius 2 is 1.86 bits per heavy atom. The molecule has 0 fully saturated rings. The zero-order valence-electron chi connectivity index (χ0n) is 12.5. The molecule has 0 saturated carbocycles. The molecule has 1 nitrogen and oxygen atoms in total. The zero-order valence-corrected chi connectivity index (χ0v) is 13.3. The Labute approximate surface area is 130 Å². The van der Waals surface area contributed by atoms with Crippen LogP contribution < -0.4 is 0 Å². The van der Waals surface area contributed by atoms with E-state index in [2.05, 4.69) is 50.2 Å². The van der Waals surface area contributed by atoms with Crippen LogP contribution in [0.1, 0.15) is 42.4 Å². The van der Waals surface area contributed by atoms with E-state index in [0.29, 0.717) is 18.1 Å². The summed E-state index contributed by atoms with van der Waals surface area (Å²) >= 11 is 1.80. The standard InChI is InChI=1S/C19H20OS/c1-13(2)15-9-7-14(8-10-15)11-18(20)17-12-21-19-6-4-3-5-16(17)19/h3-10,13,17H,11-12H2,1-2H3. The van der Waals surface area contributed by atoms with Crippen molar-refractivity contribution in [3.63, 3.8) is 0 Å². The summed E-state index contributed by atoms with van der Waals surface area (Å²) in [7, 11) is 0. The van der Waals surface area contributed by atoms with Gasteiger partial charge in [0.25, 0.3) is 0 Å². The second-order valence-electron chi connectivity index (χ2n) is 5.94. The van der Waals surface area contributed by atoms with E-state index in [4.69, 9.17) is 0 Å². The molecule has 108 valence electrons. The fraction of sp³-hybridized carbons (Fsp3) is 0.316. The minimum Gasteiger partial charge on any atom is -0.299 e. The maximum atomic E-state index is 12.6. The molecule has 0 N–H and O–H groups in total. The smallest absolute Gasteiger partial charge is 0.145 e. The molecule has 2 heteroatoms. The summed E-state index contributed by atoms with van der Waals surface area (Å²) in [6, 6.07) is 16.8. The molecule has 1 unspecified atom stereocenters. The monoisotopic (exact) mass is 296 g/mol. The maximum absolute atomic E-state index is 12.6. The summed E-state index contributed by atoms with van der Waals surface area (Å²) < 4.78 is 0. The lowest BCUT2D eigenvalue weighted by Crippen LogP contribution is -2.14. The van der Waals surface area contributed by atoms with E-state index < -0.39 is 0 Å². The van der Waals surface area contributed by atoms with E-state index in [-0.39, 0.29) is 5.92 Å². The summed E-state index contributed by atoms with van der Waals surface area (Å²) in [4.78, 5) is 13.9. The van der Waals surface area contributed by atoms with Gasteiger partial charge in [0.05, 0.1) is 5.92 Å². The van der Waals surface area contributed by atoms with Gasteiger partial charge >= 0.3 is 0 Å². The molecule has 1 heterocycles. The highest BCUT2D eigenvalue weighted by atomic mass is 32.2. The quantitative estimate of drug-likeness (QED) is 0.805. The molecular formula is C19H20OS. The Hall–Kier alpha value is -1.54. The Balaban J connectivity index is 1.73. The van der Waals surface area contributed by atoms with Crippen LogP contribution in [0, 0.1) is 0 Å². The third kappa shape index (κ3) is 3.06. The molecule has 0 aliphatic carbocycles. The van der Waals surface area contributed by atoms with E-state index in [1.54, 1.807) is 11.8 Å². The summed E-state index contributed by atoms with van der Waals surface area (Å²) in [6.45, 7) is 4.37. The summed E-state index contributed by atoms with van der Waals surface area (Å²) in [5.74, 6) is 1.83. The second kappa shape index (κ2) is 6.07. The van der Waals surface area contributed by atoms with Crippen LogP contribution in [0.25, 0.3) is 0 Å². The zero-order chi connectivity index (χ0) is 14.8. The highest BCUT2D eigenvalue weighted by molar-refractivity contribution is 7.99. The summed E-state index contributed by atoms with van der Waals surface area (Å²) in [6.07, 6.45) is 0.540. The van der Waals surface area contributed by atoms with Crippen LogP contribution in [-0.4, -0.2) is 11.5 Å². The van der Waals surface area contributed by atoms with Crippen molar-refractivity contribution in [2.75, 3.05) is 5.75 Å². The van der Waals surface area contributed by atoms with Crippen molar-refractivity contribution >= 4 is 17.5 Å². The molecule has 1 aliphatic rings. The molecule has 0 spiro atoms. The lowest BCUT2D eigenvalue weighted by molar-refractivity contribution is -0.119. The van der Waals surface area contributed by atoms with Crippen molar-refractivity contribution in [3.05, 3.63) is 65.2 Å². The number of hydrogen-bond donors (Lipinski definition) is 0. The lowest BCUT2D eigenvalue weighted by atomic mass is 9.92. The van der Waals surface area contributed by atoms with E-state index >= 15 is 0 Å².